The Kier molecular flexibility index (Phi) is 4.91. The number of hydrogen-bond acceptors (Lipinski definition) is 0. The molecule has 4 aliphatic rings. The van der Waals surface area contributed by atoms with E-state index in [2.05, 4.69) is 43.5 Å². The second kappa shape index (κ2) is 7.54. The normalized spacial score (nSPS) is 34.2. The number of rotatable bonds is 3. The van der Waals surface area contributed by atoms with Crippen LogP contribution >= 0.6 is 0 Å². The molecule has 28 heavy (non-hydrogen) atoms. The molecule has 1 aromatic carbocycles. The van der Waals surface area contributed by atoms with Crippen molar-refractivity contribution in [3.05, 3.63) is 71.3 Å². The van der Waals surface area contributed by atoms with Crippen LogP contribution in [0.5, 0.6) is 0 Å². The number of hydrogen-bond donors (Lipinski definition) is 0. The summed E-state index contributed by atoms with van der Waals surface area (Å²) in [5, 5.41) is 0. The largest absolute Gasteiger partial charge is 0.0984 e. The van der Waals surface area contributed by atoms with Gasteiger partial charge in [-0.05, 0) is 103 Å². The van der Waals surface area contributed by atoms with Crippen molar-refractivity contribution < 1.29 is 0 Å². The van der Waals surface area contributed by atoms with Gasteiger partial charge in [0.25, 0.3) is 0 Å². The van der Waals surface area contributed by atoms with Gasteiger partial charge < -0.3 is 0 Å². The molecule has 0 heterocycles. The fraction of sp³-hybridized carbons (Fsp3) is 0.500. The van der Waals surface area contributed by atoms with E-state index < -0.39 is 0 Å². The standard InChI is InChI=1S/C28H34/c1-3-19-9-10-23(17-20(19)4-2)26-15-16-28-25-13-11-21-7-5-6-8-22(21)18-24(25)12-14-27(26)28/h3-4,9-10,12,17-18,21,25-28H,1-2,5-8,11,13-16H2. The minimum atomic E-state index is 0.721. The Morgan fingerprint density at radius 1 is 0.821 bits per heavy atom. The molecule has 0 spiro atoms. The van der Waals surface area contributed by atoms with Gasteiger partial charge in [-0.2, -0.15) is 0 Å². The van der Waals surface area contributed by atoms with E-state index in [0.29, 0.717) is 0 Å². The van der Waals surface area contributed by atoms with Gasteiger partial charge in [0.1, 0.15) is 0 Å². The van der Waals surface area contributed by atoms with E-state index in [-0.39, 0.29) is 0 Å². The zero-order valence-corrected chi connectivity index (χ0v) is 17.2. The molecule has 5 rings (SSSR count). The molecule has 5 atom stereocenters. The molecule has 5 unspecified atom stereocenters. The highest BCUT2D eigenvalue weighted by molar-refractivity contribution is 5.64. The van der Waals surface area contributed by atoms with Gasteiger partial charge in [0.2, 0.25) is 0 Å². The van der Waals surface area contributed by atoms with Crippen LogP contribution in [0, 0.1) is 23.7 Å². The van der Waals surface area contributed by atoms with E-state index in [1.54, 1.807) is 11.1 Å². The van der Waals surface area contributed by atoms with Crippen LogP contribution in [0.2, 0.25) is 0 Å². The van der Waals surface area contributed by atoms with Crippen molar-refractivity contribution in [2.75, 3.05) is 0 Å². The summed E-state index contributed by atoms with van der Waals surface area (Å²) in [6, 6.07) is 7.00. The van der Waals surface area contributed by atoms with Crippen LogP contribution in [0.15, 0.2) is 54.7 Å². The fourth-order valence-electron chi connectivity index (χ4n) is 6.98. The highest BCUT2D eigenvalue weighted by Gasteiger charge is 2.44. The SMILES string of the molecule is C=Cc1ccc(C2CCC3C4CCC5CCCCC5=CC4=CCC23)cc1C=C. The molecule has 0 N–H and O–H groups in total. The first-order chi connectivity index (χ1) is 13.8. The molecule has 2 fully saturated rings. The van der Waals surface area contributed by atoms with E-state index >= 15 is 0 Å². The molecule has 0 aliphatic heterocycles. The molecular formula is C28H34. The Hall–Kier alpha value is -1.82. The van der Waals surface area contributed by atoms with Crippen molar-refractivity contribution in [3.63, 3.8) is 0 Å². The lowest BCUT2D eigenvalue weighted by molar-refractivity contribution is 0.245. The van der Waals surface area contributed by atoms with E-state index in [9.17, 15) is 0 Å². The summed E-state index contributed by atoms with van der Waals surface area (Å²) < 4.78 is 0. The lowest BCUT2D eigenvalue weighted by Crippen LogP contribution is -2.26. The van der Waals surface area contributed by atoms with Crippen LogP contribution in [-0.4, -0.2) is 0 Å². The van der Waals surface area contributed by atoms with Crippen LogP contribution in [0.25, 0.3) is 12.2 Å². The van der Waals surface area contributed by atoms with Crippen molar-refractivity contribution in [2.45, 2.75) is 63.7 Å². The van der Waals surface area contributed by atoms with Gasteiger partial charge in [0, 0.05) is 0 Å². The Balaban J connectivity index is 1.42. The van der Waals surface area contributed by atoms with Crippen molar-refractivity contribution >= 4 is 12.2 Å². The van der Waals surface area contributed by atoms with Gasteiger partial charge in [-0.25, -0.2) is 0 Å². The zero-order valence-electron chi connectivity index (χ0n) is 17.2. The van der Waals surface area contributed by atoms with Gasteiger partial charge in [0.15, 0.2) is 0 Å². The van der Waals surface area contributed by atoms with Gasteiger partial charge in [-0.1, -0.05) is 67.7 Å². The lowest BCUT2D eigenvalue weighted by Gasteiger charge is -2.35. The molecule has 0 nitrogen and oxygen atoms in total. The first-order valence-corrected chi connectivity index (χ1v) is 11.6. The summed E-state index contributed by atoms with van der Waals surface area (Å²) in [6.45, 7) is 7.98. The van der Waals surface area contributed by atoms with Crippen molar-refractivity contribution in [2.24, 2.45) is 23.7 Å². The maximum Gasteiger partial charge on any atom is -0.0127 e. The van der Waals surface area contributed by atoms with Crippen molar-refractivity contribution in [3.8, 4) is 0 Å². The summed E-state index contributed by atoms with van der Waals surface area (Å²) in [4.78, 5) is 0. The third kappa shape index (κ3) is 3.06. The van der Waals surface area contributed by atoms with E-state index in [4.69, 9.17) is 0 Å². The van der Waals surface area contributed by atoms with Gasteiger partial charge >= 0.3 is 0 Å². The molecule has 0 radical (unpaired) electrons. The Labute approximate surface area is 171 Å². The first kappa shape index (κ1) is 18.2. The highest BCUT2D eigenvalue weighted by atomic mass is 14.5. The summed E-state index contributed by atoms with van der Waals surface area (Å²) in [5.74, 6) is 4.18. The Bertz CT molecular complexity index is 836. The molecule has 2 saturated carbocycles. The molecule has 0 saturated heterocycles. The summed E-state index contributed by atoms with van der Waals surface area (Å²) in [7, 11) is 0. The highest BCUT2D eigenvalue weighted by Crippen LogP contribution is 2.55. The second-order valence-electron chi connectivity index (χ2n) is 9.59. The summed E-state index contributed by atoms with van der Waals surface area (Å²) >= 11 is 0. The molecular weight excluding hydrogens is 336 g/mol. The predicted octanol–water partition coefficient (Wildman–Crippen LogP) is 7.94. The molecule has 0 amide bonds. The van der Waals surface area contributed by atoms with Crippen molar-refractivity contribution in [1.82, 2.24) is 0 Å². The molecule has 1 aromatic rings. The van der Waals surface area contributed by atoms with E-state index in [1.807, 2.05) is 12.2 Å². The monoisotopic (exact) mass is 370 g/mol. The van der Waals surface area contributed by atoms with Gasteiger partial charge in [-0.3, -0.25) is 0 Å². The number of benzene rings is 1. The average Bonchev–Trinajstić information content (AvgIpc) is 3.08. The molecule has 146 valence electrons. The molecule has 0 bridgehead atoms. The third-order valence-electron chi connectivity index (χ3n) is 8.40. The number of allylic oxidation sites excluding steroid dienone is 4. The quantitative estimate of drug-likeness (QED) is 0.506. The van der Waals surface area contributed by atoms with Crippen LogP contribution in [0.4, 0.5) is 0 Å². The minimum absolute atomic E-state index is 0.721. The van der Waals surface area contributed by atoms with Gasteiger partial charge in [-0.15, -0.1) is 0 Å². The maximum atomic E-state index is 4.02. The first-order valence-electron chi connectivity index (χ1n) is 11.6. The van der Waals surface area contributed by atoms with Crippen LogP contribution < -0.4 is 0 Å². The third-order valence-corrected chi connectivity index (χ3v) is 8.40. The topological polar surface area (TPSA) is 0 Å². The van der Waals surface area contributed by atoms with Gasteiger partial charge in [0.05, 0.1) is 0 Å². The predicted molar refractivity (Wildman–Crippen MR) is 121 cm³/mol. The minimum Gasteiger partial charge on any atom is -0.0984 e. The Morgan fingerprint density at radius 3 is 2.54 bits per heavy atom. The summed E-state index contributed by atoms with van der Waals surface area (Å²) in [6.07, 6.45) is 21.9. The van der Waals surface area contributed by atoms with Crippen molar-refractivity contribution in [1.29, 1.82) is 0 Å². The zero-order chi connectivity index (χ0) is 19.1. The van der Waals surface area contributed by atoms with Crippen LogP contribution in [0.3, 0.4) is 0 Å². The van der Waals surface area contributed by atoms with E-state index in [0.717, 1.165) is 29.6 Å². The summed E-state index contributed by atoms with van der Waals surface area (Å²) in [5.41, 5.74) is 7.49. The Morgan fingerprint density at radius 2 is 1.68 bits per heavy atom. The maximum absolute atomic E-state index is 4.02. The smallest absolute Gasteiger partial charge is 0.0127 e. The average molecular weight is 371 g/mol. The fourth-order valence-corrected chi connectivity index (χ4v) is 6.98. The molecule has 0 heteroatoms. The molecule has 0 aromatic heterocycles. The lowest BCUT2D eigenvalue weighted by atomic mass is 9.69. The van der Waals surface area contributed by atoms with Crippen LogP contribution in [0.1, 0.15) is 80.4 Å². The molecule has 4 aliphatic carbocycles. The second-order valence-corrected chi connectivity index (χ2v) is 9.59. The number of fused-ring (bicyclic) bond motifs is 4. The van der Waals surface area contributed by atoms with Crippen LogP contribution in [-0.2, 0) is 0 Å². The van der Waals surface area contributed by atoms with E-state index in [1.165, 1.54) is 74.5 Å².